The van der Waals surface area contributed by atoms with Gasteiger partial charge in [-0.05, 0) is 6.42 Å². The summed E-state index contributed by atoms with van der Waals surface area (Å²) in [7, 11) is 0. The molecule has 1 rings (SSSR count). The zero-order valence-electron chi connectivity index (χ0n) is 6.23. The molecule has 1 aliphatic heterocycles. The first-order valence-corrected chi connectivity index (χ1v) is 5.07. The molecule has 1 heterocycles. The van der Waals surface area contributed by atoms with Crippen molar-refractivity contribution in [2.75, 3.05) is 24.4 Å². The smallest absolute Gasteiger partial charge is 0.146 e. The van der Waals surface area contributed by atoms with Gasteiger partial charge < -0.3 is 9.47 Å². The number of ether oxygens (including phenoxy) is 2. The molecule has 1 aliphatic rings. The summed E-state index contributed by atoms with van der Waals surface area (Å²) in [5.41, 5.74) is 0.304. The second-order valence-corrected chi connectivity index (χ2v) is 3.56. The highest BCUT2D eigenvalue weighted by molar-refractivity contribution is 14.1. The fourth-order valence-corrected chi connectivity index (χ4v) is 1.97. The zero-order chi connectivity index (χ0) is 7.45. The molecule has 1 saturated heterocycles. The minimum Gasteiger partial charge on any atom is -0.355 e. The Hall–Kier alpha value is 0.650. The van der Waals surface area contributed by atoms with Gasteiger partial charge in [0.1, 0.15) is 6.79 Å². The van der Waals surface area contributed by atoms with Crippen LogP contribution in [-0.2, 0) is 9.47 Å². The lowest BCUT2D eigenvalue weighted by Crippen LogP contribution is -2.38. The minimum absolute atomic E-state index is 0.304. The Labute approximate surface area is 75.4 Å². The van der Waals surface area contributed by atoms with Crippen molar-refractivity contribution in [3.63, 3.8) is 0 Å². The van der Waals surface area contributed by atoms with E-state index in [2.05, 4.69) is 29.5 Å². The van der Waals surface area contributed by atoms with Gasteiger partial charge in [0.05, 0.1) is 13.2 Å². The normalized spacial score (nSPS) is 24.6. The first-order chi connectivity index (χ1) is 4.83. The number of hydrogen-bond acceptors (Lipinski definition) is 2. The van der Waals surface area contributed by atoms with Gasteiger partial charge in [0, 0.05) is 9.84 Å². The summed E-state index contributed by atoms with van der Waals surface area (Å²) in [5, 5.41) is 0. The van der Waals surface area contributed by atoms with Crippen molar-refractivity contribution in [1.29, 1.82) is 0 Å². The Morgan fingerprint density at radius 1 is 1.40 bits per heavy atom. The van der Waals surface area contributed by atoms with Crippen molar-refractivity contribution in [3.8, 4) is 0 Å². The molecule has 10 heavy (non-hydrogen) atoms. The minimum atomic E-state index is 0.304. The molecule has 0 aromatic carbocycles. The largest absolute Gasteiger partial charge is 0.355 e. The second kappa shape index (κ2) is 3.88. The Bertz CT molecular complexity index is 93.8. The van der Waals surface area contributed by atoms with Crippen molar-refractivity contribution in [3.05, 3.63) is 0 Å². The van der Waals surface area contributed by atoms with E-state index in [1.807, 2.05) is 0 Å². The van der Waals surface area contributed by atoms with Crippen LogP contribution in [0.2, 0.25) is 0 Å². The van der Waals surface area contributed by atoms with E-state index in [-0.39, 0.29) is 0 Å². The van der Waals surface area contributed by atoms with Gasteiger partial charge in [-0.3, -0.25) is 0 Å². The number of rotatable bonds is 2. The zero-order valence-corrected chi connectivity index (χ0v) is 8.39. The van der Waals surface area contributed by atoms with Gasteiger partial charge in [0.15, 0.2) is 0 Å². The second-order valence-electron chi connectivity index (χ2n) is 2.80. The Balaban J connectivity index is 2.44. The van der Waals surface area contributed by atoms with Crippen LogP contribution in [0.15, 0.2) is 0 Å². The molecule has 0 aromatic rings. The number of hydrogen-bond donors (Lipinski definition) is 0. The monoisotopic (exact) mass is 256 g/mol. The first kappa shape index (κ1) is 8.74. The van der Waals surface area contributed by atoms with Crippen LogP contribution in [-0.4, -0.2) is 24.4 Å². The van der Waals surface area contributed by atoms with E-state index in [1.54, 1.807) is 0 Å². The highest BCUT2D eigenvalue weighted by Crippen LogP contribution is 2.28. The highest BCUT2D eigenvalue weighted by atomic mass is 127. The predicted molar refractivity (Wildman–Crippen MR) is 48.4 cm³/mol. The standard InChI is InChI=1S/C7H13IO2/c1-2-7(3-8)4-9-6-10-5-7/h2-6H2,1H3. The van der Waals surface area contributed by atoms with Crippen LogP contribution in [0.1, 0.15) is 13.3 Å². The molecule has 0 saturated carbocycles. The fourth-order valence-electron chi connectivity index (χ4n) is 0.993. The maximum Gasteiger partial charge on any atom is 0.146 e. The van der Waals surface area contributed by atoms with Crippen molar-refractivity contribution in [2.45, 2.75) is 13.3 Å². The molecule has 0 bridgehead atoms. The summed E-state index contributed by atoms with van der Waals surface area (Å²) in [4.78, 5) is 0. The molecule has 0 N–H and O–H groups in total. The van der Waals surface area contributed by atoms with Gasteiger partial charge in [-0.2, -0.15) is 0 Å². The summed E-state index contributed by atoms with van der Waals surface area (Å²) in [6, 6.07) is 0. The average Bonchev–Trinajstić information content (AvgIpc) is 2.06. The van der Waals surface area contributed by atoms with Gasteiger partial charge in [-0.25, -0.2) is 0 Å². The molecule has 0 spiro atoms. The quantitative estimate of drug-likeness (QED) is 0.554. The molecule has 0 radical (unpaired) electrons. The third kappa shape index (κ3) is 1.83. The predicted octanol–water partition coefficient (Wildman–Crippen LogP) is 1.82. The lowest BCUT2D eigenvalue weighted by molar-refractivity contribution is -0.157. The van der Waals surface area contributed by atoms with Gasteiger partial charge >= 0.3 is 0 Å². The van der Waals surface area contributed by atoms with E-state index in [0.29, 0.717) is 12.2 Å². The maximum absolute atomic E-state index is 5.24. The highest BCUT2D eigenvalue weighted by Gasteiger charge is 2.30. The Kier molecular flexibility index (Phi) is 3.39. The molecule has 0 aliphatic carbocycles. The Morgan fingerprint density at radius 3 is 2.30 bits per heavy atom. The van der Waals surface area contributed by atoms with E-state index in [1.165, 1.54) is 0 Å². The first-order valence-electron chi connectivity index (χ1n) is 3.54. The van der Waals surface area contributed by atoms with Crippen molar-refractivity contribution in [1.82, 2.24) is 0 Å². The molecule has 0 unspecified atom stereocenters. The molecule has 60 valence electrons. The molecule has 3 heteroatoms. The van der Waals surface area contributed by atoms with Crippen molar-refractivity contribution in [2.24, 2.45) is 5.41 Å². The van der Waals surface area contributed by atoms with Crippen LogP contribution < -0.4 is 0 Å². The molecular weight excluding hydrogens is 243 g/mol. The molecule has 0 amide bonds. The lowest BCUT2D eigenvalue weighted by Gasteiger charge is -2.33. The van der Waals surface area contributed by atoms with Crippen LogP contribution in [0.4, 0.5) is 0 Å². The van der Waals surface area contributed by atoms with E-state index in [0.717, 1.165) is 24.1 Å². The van der Waals surface area contributed by atoms with Crippen LogP contribution in [0.5, 0.6) is 0 Å². The van der Waals surface area contributed by atoms with E-state index in [9.17, 15) is 0 Å². The molecular formula is C7H13IO2. The average molecular weight is 256 g/mol. The fraction of sp³-hybridized carbons (Fsp3) is 1.00. The molecule has 1 fully saturated rings. The molecule has 0 aromatic heterocycles. The van der Waals surface area contributed by atoms with Gasteiger partial charge in [0.2, 0.25) is 0 Å². The summed E-state index contributed by atoms with van der Waals surface area (Å²) < 4.78 is 11.6. The third-order valence-corrected chi connectivity index (χ3v) is 3.63. The lowest BCUT2D eigenvalue weighted by atomic mass is 9.89. The van der Waals surface area contributed by atoms with Crippen molar-refractivity contribution >= 4 is 22.6 Å². The summed E-state index contributed by atoms with van der Waals surface area (Å²) in [6.07, 6.45) is 1.15. The van der Waals surface area contributed by atoms with Gasteiger partial charge in [0.25, 0.3) is 0 Å². The molecule has 2 nitrogen and oxygen atoms in total. The van der Waals surface area contributed by atoms with E-state index < -0.39 is 0 Å². The van der Waals surface area contributed by atoms with Crippen LogP contribution in [0.25, 0.3) is 0 Å². The summed E-state index contributed by atoms with van der Waals surface area (Å²) in [6.45, 7) is 4.41. The third-order valence-electron chi connectivity index (χ3n) is 2.02. The Morgan fingerprint density at radius 2 is 2.00 bits per heavy atom. The van der Waals surface area contributed by atoms with Crippen molar-refractivity contribution < 1.29 is 9.47 Å². The van der Waals surface area contributed by atoms with Gasteiger partial charge in [-0.1, -0.05) is 29.5 Å². The SMILES string of the molecule is CCC1(CI)COCOC1. The topological polar surface area (TPSA) is 18.5 Å². The molecule has 0 atom stereocenters. The van der Waals surface area contributed by atoms with Crippen LogP contribution in [0.3, 0.4) is 0 Å². The number of alkyl halides is 1. The number of halogens is 1. The van der Waals surface area contributed by atoms with Gasteiger partial charge in [-0.15, -0.1) is 0 Å². The van der Waals surface area contributed by atoms with E-state index >= 15 is 0 Å². The summed E-state index contributed by atoms with van der Waals surface area (Å²) >= 11 is 2.40. The van der Waals surface area contributed by atoms with Crippen LogP contribution >= 0.6 is 22.6 Å². The van der Waals surface area contributed by atoms with Crippen LogP contribution in [0, 0.1) is 5.41 Å². The maximum atomic E-state index is 5.24. The van der Waals surface area contributed by atoms with E-state index in [4.69, 9.17) is 9.47 Å². The summed E-state index contributed by atoms with van der Waals surface area (Å²) in [5.74, 6) is 0.